The lowest BCUT2D eigenvalue weighted by Crippen LogP contribution is -2.59. The molecule has 22 heavy (non-hydrogen) atoms. The van der Waals surface area contributed by atoms with Crippen LogP contribution in [0.5, 0.6) is 0 Å². The van der Waals surface area contributed by atoms with Crippen LogP contribution >= 0.6 is 0 Å². The van der Waals surface area contributed by atoms with Gasteiger partial charge in [0.15, 0.2) is 0 Å². The standard InChI is InChI=1S/C17H20N4O/c1-19-10-14(9-18-19)16(22)21-12-17(13-21)7-8-20(11-17)15-5-3-2-4-6-15/h2-6,9-10H,7-8,11-13H2,1H3. The molecule has 2 aromatic rings. The quantitative estimate of drug-likeness (QED) is 0.848. The van der Waals surface area contributed by atoms with Crippen molar-refractivity contribution in [1.29, 1.82) is 0 Å². The van der Waals surface area contributed by atoms with Crippen molar-refractivity contribution in [2.24, 2.45) is 12.5 Å². The smallest absolute Gasteiger partial charge is 0.257 e. The molecule has 0 saturated carbocycles. The van der Waals surface area contributed by atoms with Crippen LogP contribution in [0.15, 0.2) is 42.7 Å². The summed E-state index contributed by atoms with van der Waals surface area (Å²) in [6, 6.07) is 10.5. The van der Waals surface area contributed by atoms with Crippen LogP contribution in [-0.4, -0.2) is 46.8 Å². The molecule has 0 bridgehead atoms. The van der Waals surface area contributed by atoms with Crippen LogP contribution in [-0.2, 0) is 7.05 Å². The second kappa shape index (κ2) is 4.87. The highest BCUT2D eigenvalue weighted by molar-refractivity contribution is 5.94. The maximum absolute atomic E-state index is 12.4. The molecule has 4 rings (SSSR count). The van der Waals surface area contributed by atoms with Crippen molar-refractivity contribution >= 4 is 11.6 Å². The molecule has 0 unspecified atom stereocenters. The molecule has 1 aromatic heterocycles. The number of carbonyl (C=O) groups is 1. The number of benzene rings is 1. The lowest BCUT2D eigenvalue weighted by atomic mass is 9.79. The second-order valence-electron chi connectivity index (χ2n) is 6.57. The fraction of sp³-hybridized carbons (Fsp3) is 0.412. The van der Waals surface area contributed by atoms with Gasteiger partial charge in [-0.15, -0.1) is 0 Å². The number of rotatable bonds is 2. The first-order chi connectivity index (χ1) is 10.7. The number of anilines is 1. The lowest BCUT2D eigenvalue weighted by Gasteiger charge is -2.48. The maximum Gasteiger partial charge on any atom is 0.257 e. The van der Waals surface area contributed by atoms with Crippen LogP contribution in [0.1, 0.15) is 16.8 Å². The van der Waals surface area contributed by atoms with E-state index >= 15 is 0 Å². The molecule has 5 heteroatoms. The third kappa shape index (κ3) is 2.17. The molecule has 0 aliphatic carbocycles. The zero-order chi connectivity index (χ0) is 15.2. The molecule has 1 aromatic carbocycles. The van der Waals surface area contributed by atoms with E-state index in [1.807, 2.05) is 18.0 Å². The van der Waals surface area contributed by atoms with E-state index < -0.39 is 0 Å². The van der Waals surface area contributed by atoms with E-state index in [-0.39, 0.29) is 11.3 Å². The highest BCUT2D eigenvalue weighted by atomic mass is 16.2. The monoisotopic (exact) mass is 296 g/mol. The molecule has 1 spiro atoms. The number of amides is 1. The van der Waals surface area contributed by atoms with E-state index in [2.05, 4.69) is 34.3 Å². The molecule has 2 saturated heterocycles. The number of hydrogen-bond donors (Lipinski definition) is 0. The van der Waals surface area contributed by atoms with Crippen molar-refractivity contribution in [2.75, 3.05) is 31.1 Å². The Morgan fingerprint density at radius 2 is 1.95 bits per heavy atom. The second-order valence-corrected chi connectivity index (χ2v) is 6.57. The van der Waals surface area contributed by atoms with Crippen molar-refractivity contribution in [3.05, 3.63) is 48.3 Å². The number of carbonyl (C=O) groups excluding carboxylic acids is 1. The number of aryl methyl sites for hydroxylation is 1. The minimum absolute atomic E-state index is 0.108. The average Bonchev–Trinajstić information content (AvgIpc) is 3.12. The first-order valence-electron chi connectivity index (χ1n) is 7.73. The Labute approximate surface area is 130 Å². The van der Waals surface area contributed by atoms with Gasteiger partial charge < -0.3 is 9.80 Å². The minimum atomic E-state index is 0.108. The van der Waals surface area contributed by atoms with Crippen LogP contribution in [0.2, 0.25) is 0 Å². The summed E-state index contributed by atoms with van der Waals surface area (Å²) in [4.78, 5) is 16.8. The van der Waals surface area contributed by atoms with Gasteiger partial charge in [-0.05, 0) is 18.6 Å². The van der Waals surface area contributed by atoms with Gasteiger partial charge in [0, 0.05) is 50.5 Å². The predicted octanol–water partition coefficient (Wildman–Crippen LogP) is 1.77. The van der Waals surface area contributed by atoms with Gasteiger partial charge >= 0.3 is 0 Å². The Hall–Kier alpha value is -2.30. The molecule has 1 amide bonds. The summed E-state index contributed by atoms with van der Waals surface area (Å²) in [5.41, 5.74) is 2.26. The summed E-state index contributed by atoms with van der Waals surface area (Å²) in [6.07, 6.45) is 4.61. The molecule has 2 aliphatic rings. The fourth-order valence-electron chi connectivity index (χ4n) is 3.67. The van der Waals surface area contributed by atoms with E-state index in [1.54, 1.807) is 17.1 Å². The van der Waals surface area contributed by atoms with Gasteiger partial charge in [0.1, 0.15) is 0 Å². The molecular weight excluding hydrogens is 276 g/mol. The average molecular weight is 296 g/mol. The summed E-state index contributed by atoms with van der Waals surface area (Å²) in [7, 11) is 1.84. The zero-order valence-corrected chi connectivity index (χ0v) is 12.8. The summed E-state index contributed by atoms with van der Waals surface area (Å²) < 4.78 is 1.68. The third-order valence-corrected chi connectivity index (χ3v) is 4.85. The van der Waals surface area contributed by atoms with Crippen LogP contribution < -0.4 is 4.90 Å². The van der Waals surface area contributed by atoms with Gasteiger partial charge in [0.2, 0.25) is 0 Å². The van der Waals surface area contributed by atoms with Gasteiger partial charge in [-0.25, -0.2) is 0 Å². The highest BCUT2D eigenvalue weighted by Crippen LogP contribution is 2.41. The first-order valence-corrected chi connectivity index (χ1v) is 7.73. The molecular formula is C17H20N4O. The molecule has 2 aliphatic heterocycles. The van der Waals surface area contributed by atoms with Gasteiger partial charge in [0.25, 0.3) is 5.91 Å². The van der Waals surface area contributed by atoms with Crippen molar-refractivity contribution in [2.45, 2.75) is 6.42 Å². The van der Waals surface area contributed by atoms with Gasteiger partial charge in [-0.3, -0.25) is 9.48 Å². The van der Waals surface area contributed by atoms with Gasteiger partial charge in [-0.2, -0.15) is 5.10 Å². The molecule has 0 radical (unpaired) electrons. The predicted molar refractivity (Wildman–Crippen MR) is 84.8 cm³/mol. The Kier molecular flexibility index (Phi) is 2.96. The van der Waals surface area contributed by atoms with Crippen LogP contribution in [0, 0.1) is 5.41 Å². The molecule has 2 fully saturated rings. The normalized spacial score (nSPS) is 19.5. The van der Waals surface area contributed by atoms with E-state index in [0.717, 1.165) is 26.2 Å². The zero-order valence-electron chi connectivity index (χ0n) is 12.8. The third-order valence-electron chi connectivity index (χ3n) is 4.85. The van der Waals surface area contributed by atoms with E-state index in [9.17, 15) is 4.79 Å². The van der Waals surface area contributed by atoms with Crippen molar-refractivity contribution in [3.8, 4) is 0 Å². The van der Waals surface area contributed by atoms with E-state index in [0.29, 0.717) is 5.56 Å². The van der Waals surface area contributed by atoms with E-state index in [1.165, 1.54) is 12.1 Å². The summed E-state index contributed by atoms with van der Waals surface area (Å²) in [6.45, 7) is 3.86. The molecule has 3 heterocycles. The maximum atomic E-state index is 12.4. The number of nitrogens with zero attached hydrogens (tertiary/aromatic N) is 4. The van der Waals surface area contributed by atoms with Crippen LogP contribution in [0.25, 0.3) is 0 Å². The van der Waals surface area contributed by atoms with Gasteiger partial charge in [0.05, 0.1) is 11.8 Å². The topological polar surface area (TPSA) is 41.4 Å². The van der Waals surface area contributed by atoms with Crippen molar-refractivity contribution < 1.29 is 4.79 Å². The van der Waals surface area contributed by atoms with Crippen LogP contribution in [0.3, 0.4) is 0 Å². The molecule has 114 valence electrons. The summed E-state index contributed by atoms with van der Waals surface area (Å²) in [5, 5.41) is 4.08. The lowest BCUT2D eigenvalue weighted by molar-refractivity contribution is 0.0167. The SMILES string of the molecule is Cn1cc(C(=O)N2CC3(CCN(c4ccccc4)C3)C2)cn1. The number of para-hydroxylation sites is 1. The van der Waals surface area contributed by atoms with Crippen molar-refractivity contribution in [1.82, 2.24) is 14.7 Å². The first kappa shape index (κ1) is 13.4. The summed E-state index contributed by atoms with van der Waals surface area (Å²) in [5.74, 6) is 0.108. The molecule has 5 nitrogen and oxygen atoms in total. The Balaban J connectivity index is 1.40. The minimum Gasteiger partial charge on any atom is -0.371 e. The summed E-state index contributed by atoms with van der Waals surface area (Å²) >= 11 is 0. The Morgan fingerprint density at radius 3 is 2.64 bits per heavy atom. The van der Waals surface area contributed by atoms with Crippen LogP contribution in [0.4, 0.5) is 5.69 Å². The number of hydrogen-bond acceptors (Lipinski definition) is 3. The van der Waals surface area contributed by atoms with Crippen molar-refractivity contribution in [3.63, 3.8) is 0 Å². The van der Waals surface area contributed by atoms with E-state index in [4.69, 9.17) is 0 Å². The molecule has 0 atom stereocenters. The number of aromatic nitrogens is 2. The Morgan fingerprint density at radius 1 is 1.18 bits per heavy atom. The van der Waals surface area contributed by atoms with Gasteiger partial charge in [-0.1, -0.05) is 18.2 Å². The largest absolute Gasteiger partial charge is 0.371 e. The Bertz CT molecular complexity index is 688. The number of likely N-dealkylation sites (tertiary alicyclic amines) is 1. The fourth-order valence-corrected chi connectivity index (χ4v) is 3.67. The molecule has 0 N–H and O–H groups in total. The highest BCUT2D eigenvalue weighted by Gasteiger charge is 2.49.